The van der Waals surface area contributed by atoms with E-state index in [0.717, 1.165) is 34.9 Å². The Bertz CT molecular complexity index is 892. The molecule has 0 amide bonds. The molecule has 0 unspecified atom stereocenters. The van der Waals surface area contributed by atoms with Gasteiger partial charge < -0.3 is 20.7 Å². The van der Waals surface area contributed by atoms with Crippen molar-refractivity contribution in [1.29, 1.82) is 0 Å². The third-order valence-corrected chi connectivity index (χ3v) is 4.37. The van der Waals surface area contributed by atoms with Gasteiger partial charge in [-0.15, -0.1) is 0 Å². The van der Waals surface area contributed by atoms with Gasteiger partial charge in [-0.25, -0.2) is 0 Å². The second-order valence-electron chi connectivity index (χ2n) is 6.02. The van der Waals surface area contributed by atoms with E-state index in [4.69, 9.17) is 17.0 Å². The lowest BCUT2D eigenvalue weighted by atomic mass is 10.1. The summed E-state index contributed by atoms with van der Waals surface area (Å²) in [6.07, 6.45) is 0.956. The Kier molecular flexibility index (Phi) is 6.28. The monoisotopic (exact) mass is 377 g/mol. The van der Waals surface area contributed by atoms with E-state index in [9.17, 15) is 0 Å². The molecule has 0 saturated heterocycles. The zero-order valence-electron chi connectivity index (χ0n) is 15.5. The molecule has 0 saturated carbocycles. The zero-order chi connectivity index (χ0) is 19.1. The first-order chi connectivity index (χ1) is 13.2. The lowest BCUT2D eigenvalue weighted by Crippen LogP contribution is -2.19. The molecular formula is C22H23N3OS. The minimum absolute atomic E-state index is 0.576. The summed E-state index contributed by atoms with van der Waals surface area (Å²) in [5, 5.41) is 10.4. The van der Waals surface area contributed by atoms with Gasteiger partial charge in [-0.3, -0.25) is 0 Å². The number of rotatable bonds is 6. The Labute approximate surface area is 165 Å². The van der Waals surface area contributed by atoms with Crippen molar-refractivity contribution in [2.45, 2.75) is 13.3 Å². The SMILES string of the molecule is CCc1ccccc1NC(=S)Nc1ccc(Nc2ccc(OC)cc2)cc1. The standard InChI is InChI=1S/C22H23N3OS/c1-3-16-6-4-5-7-21(16)25-22(27)24-19-10-8-17(9-11-19)23-18-12-14-20(26-2)15-13-18/h4-15,23H,3H2,1-2H3,(H2,24,25,27). The summed E-state index contributed by atoms with van der Waals surface area (Å²) >= 11 is 5.44. The van der Waals surface area contributed by atoms with Crippen LogP contribution in [0, 0.1) is 0 Å². The van der Waals surface area contributed by atoms with Crippen LogP contribution in [0.5, 0.6) is 5.75 Å². The van der Waals surface area contributed by atoms with Gasteiger partial charge in [-0.2, -0.15) is 0 Å². The maximum absolute atomic E-state index is 5.44. The average molecular weight is 378 g/mol. The summed E-state index contributed by atoms with van der Waals surface area (Å²) in [6.45, 7) is 2.13. The van der Waals surface area contributed by atoms with Crippen LogP contribution >= 0.6 is 12.2 Å². The molecule has 5 heteroatoms. The van der Waals surface area contributed by atoms with Crippen LogP contribution in [0.3, 0.4) is 0 Å². The molecular weight excluding hydrogens is 354 g/mol. The molecule has 27 heavy (non-hydrogen) atoms. The summed E-state index contributed by atoms with van der Waals surface area (Å²) in [7, 11) is 1.66. The van der Waals surface area contributed by atoms with Crippen molar-refractivity contribution >= 4 is 40.1 Å². The van der Waals surface area contributed by atoms with Crippen LogP contribution in [0.1, 0.15) is 12.5 Å². The predicted octanol–water partition coefficient (Wildman–Crippen LogP) is 5.81. The third-order valence-electron chi connectivity index (χ3n) is 4.17. The normalized spacial score (nSPS) is 10.1. The van der Waals surface area contributed by atoms with E-state index < -0.39 is 0 Å². The number of methoxy groups -OCH3 is 1. The van der Waals surface area contributed by atoms with Crippen LogP contribution in [-0.2, 0) is 6.42 Å². The number of ether oxygens (including phenoxy) is 1. The number of thiocarbonyl (C=S) groups is 1. The van der Waals surface area contributed by atoms with Gasteiger partial charge in [0.05, 0.1) is 7.11 Å². The molecule has 3 rings (SSSR count). The van der Waals surface area contributed by atoms with Crippen LogP contribution in [0.2, 0.25) is 0 Å². The van der Waals surface area contributed by atoms with E-state index in [-0.39, 0.29) is 0 Å². The topological polar surface area (TPSA) is 45.3 Å². The van der Waals surface area contributed by atoms with Crippen LogP contribution in [0.25, 0.3) is 0 Å². The minimum Gasteiger partial charge on any atom is -0.497 e. The first kappa shape index (κ1) is 18.7. The van der Waals surface area contributed by atoms with Crippen molar-refractivity contribution in [2.75, 3.05) is 23.1 Å². The van der Waals surface area contributed by atoms with Crippen LogP contribution in [0.15, 0.2) is 72.8 Å². The highest BCUT2D eigenvalue weighted by Crippen LogP contribution is 2.22. The molecule has 0 spiro atoms. The number of hydrogen-bond acceptors (Lipinski definition) is 3. The summed E-state index contributed by atoms with van der Waals surface area (Å²) in [5.41, 5.74) is 5.21. The lowest BCUT2D eigenvalue weighted by Gasteiger charge is -2.14. The third kappa shape index (κ3) is 5.21. The Morgan fingerprint density at radius 2 is 1.41 bits per heavy atom. The number of para-hydroxylation sites is 1. The van der Waals surface area contributed by atoms with Crippen LogP contribution < -0.4 is 20.7 Å². The average Bonchev–Trinajstić information content (AvgIpc) is 2.70. The summed E-state index contributed by atoms with van der Waals surface area (Å²) in [6, 6.07) is 24.0. The second-order valence-corrected chi connectivity index (χ2v) is 6.43. The number of hydrogen-bond donors (Lipinski definition) is 3. The number of benzene rings is 3. The Hall–Kier alpha value is -3.05. The van der Waals surface area contributed by atoms with E-state index in [1.807, 2.05) is 66.7 Å². The molecule has 0 aliphatic rings. The second kappa shape index (κ2) is 9.05. The molecule has 0 atom stereocenters. The molecule has 0 aliphatic heterocycles. The van der Waals surface area contributed by atoms with E-state index in [0.29, 0.717) is 5.11 Å². The molecule has 0 heterocycles. The number of nitrogens with one attached hydrogen (secondary N) is 3. The molecule has 0 radical (unpaired) electrons. The van der Waals surface area contributed by atoms with E-state index >= 15 is 0 Å². The molecule has 3 aromatic carbocycles. The van der Waals surface area contributed by atoms with Gasteiger partial charge in [0.1, 0.15) is 5.75 Å². The summed E-state index contributed by atoms with van der Waals surface area (Å²) in [4.78, 5) is 0. The molecule has 4 nitrogen and oxygen atoms in total. The highest BCUT2D eigenvalue weighted by Gasteiger charge is 2.03. The van der Waals surface area contributed by atoms with Crippen molar-refractivity contribution in [3.63, 3.8) is 0 Å². The molecule has 3 N–H and O–H groups in total. The van der Waals surface area contributed by atoms with Gasteiger partial charge in [0.25, 0.3) is 0 Å². The van der Waals surface area contributed by atoms with E-state index in [1.165, 1.54) is 5.56 Å². The summed E-state index contributed by atoms with van der Waals surface area (Å²) < 4.78 is 5.17. The first-order valence-corrected chi connectivity index (χ1v) is 9.26. The highest BCUT2D eigenvalue weighted by atomic mass is 32.1. The van der Waals surface area contributed by atoms with Crippen molar-refractivity contribution in [1.82, 2.24) is 0 Å². The summed E-state index contributed by atoms with van der Waals surface area (Å²) in [5.74, 6) is 0.839. The molecule has 0 aliphatic carbocycles. The quantitative estimate of drug-likeness (QED) is 0.473. The van der Waals surface area contributed by atoms with Gasteiger partial charge in [-0.1, -0.05) is 25.1 Å². The van der Waals surface area contributed by atoms with E-state index in [2.05, 4.69) is 28.9 Å². The number of anilines is 4. The van der Waals surface area contributed by atoms with Gasteiger partial charge in [0.15, 0.2) is 5.11 Å². The highest BCUT2D eigenvalue weighted by molar-refractivity contribution is 7.80. The first-order valence-electron chi connectivity index (χ1n) is 8.85. The van der Waals surface area contributed by atoms with Crippen molar-refractivity contribution in [2.24, 2.45) is 0 Å². The Balaban J connectivity index is 1.59. The van der Waals surface area contributed by atoms with Crippen LogP contribution in [-0.4, -0.2) is 12.2 Å². The Morgan fingerprint density at radius 3 is 2.04 bits per heavy atom. The minimum atomic E-state index is 0.576. The molecule has 0 bridgehead atoms. The number of aryl methyl sites for hydroxylation is 1. The molecule has 0 fully saturated rings. The fourth-order valence-corrected chi connectivity index (χ4v) is 2.94. The zero-order valence-corrected chi connectivity index (χ0v) is 16.3. The smallest absolute Gasteiger partial charge is 0.175 e. The maximum atomic E-state index is 5.44. The molecule has 138 valence electrons. The molecule has 3 aromatic rings. The Morgan fingerprint density at radius 1 is 0.815 bits per heavy atom. The van der Waals surface area contributed by atoms with Gasteiger partial charge in [-0.05, 0) is 78.8 Å². The van der Waals surface area contributed by atoms with Crippen molar-refractivity contribution in [3.8, 4) is 5.75 Å². The maximum Gasteiger partial charge on any atom is 0.175 e. The van der Waals surface area contributed by atoms with Crippen molar-refractivity contribution in [3.05, 3.63) is 78.4 Å². The van der Waals surface area contributed by atoms with Crippen LogP contribution in [0.4, 0.5) is 22.7 Å². The molecule has 0 aromatic heterocycles. The van der Waals surface area contributed by atoms with E-state index in [1.54, 1.807) is 7.11 Å². The van der Waals surface area contributed by atoms with Gasteiger partial charge in [0.2, 0.25) is 0 Å². The van der Waals surface area contributed by atoms with Crippen molar-refractivity contribution < 1.29 is 4.74 Å². The fraction of sp³-hybridized carbons (Fsp3) is 0.136. The van der Waals surface area contributed by atoms with Gasteiger partial charge >= 0.3 is 0 Å². The lowest BCUT2D eigenvalue weighted by molar-refractivity contribution is 0.415. The largest absolute Gasteiger partial charge is 0.497 e. The van der Waals surface area contributed by atoms with Gasteiger partial charge in [0, 0.05) is 22.7 Å². The predicted molar refractivity (Wildman–Crippen MR) is 118 cm³/mol. The fourth-order valence-electron chi connectivity index (χ4n) is 2.71.